The largest absolute Gasteiger partial charge is 0.573 e. The summed E-state index contributed by atoms with van der Waals surface area (Å²) in [4.78, 5) is 31.9. The van der Waals surface area contributed by atoms with Crippen molar-refractivity contribution >= 4 is 11.8 Å². The number of likely N-dealkylation sites (N-methyl/N-ethyl adjacent to an activating group) is 2. The fourth-order valence-electron chi connectivity index (χ4n) is 4.89. The van der Waals surface area contributed by atoms with Crippen LogP contribution in [0.2, 0.25) is 0 Å². The summed E-state index contributed by atoms with van der Waals surface area (Å²) in [7, 11) is 5.77. The minimum atomic E-state index is -4.75. The number of nitrogens with one attached hydrogen (secondary N) is 1. The standard InChI is InChI=1S/C30H41F3N4O3/c1-29(2,3)23-11-9-22(10-12-23)27-36(6)25(15-16-26(38)34-18-20-35(4)5)28(39)37(27)19-17-21-7-13-24(14-8-21)40-30(31,32)33/h7-14,25,27H,15-20H2,1-6H3,(H,34,38)/t25-,27?/m0/s1. The average molecular weight is 563 g/mol. The van der Waals surface area contributed by atoms with Gasteiger partial charge in [0.05, 0.1) is 6.04 Å². The van der Waals surface area contributed by atoms with Crippen LogP contribution in [-0.2, 0) is 21.4 Å². The summed E-state index contributed by atoms with van der Waals surface area (Å²) in [6.07, 6.45) is -3.99. The van der Waals surface area contributed by atoms with Gasteiger partial charge < -0.3 is 19.9 Å². The zero-order chi connectivity index (χ0) is 29.7. The zero-order valence-electron chi connectivity index (χ0n) is 24.2. The van der Waals surface area contributed by atoms with Crippen molar-refractivity contribution in [2.45, 2.75) is 64.0 Å². The summed E-state index contributed by atoms with van der Waals surface area (Å²) in [6.45, 7) is 8.08. The molecule has 0 spiro atoms. The highest BCUT2D eigenvalue weighted by atomic mass is 19.4. The summed E-state index contributed by atoms with van der Waals surface area (Å²) in [5.74, 6) is -0.437. The van der Waals surface area contributed by atoms with Crippen molar-refractivity contribution in [3.8, 4) is 5.75 Å². The Bertz CT molecular complexity index is 1130. The van der Waals surface area contributed by atoms with Gasteiger partial charge in [0.15, 0.2) is 0 Å². The number of amides is 2. The van der Waals surface area contributed by atoms with E-state index >= 15 is 0 Å². The van der Waals surface area contributed by atoms with E-state index in [-0.39, 0.29) is 35.6 Å². The Hall–Kier alpha value is -3.11. The van der Waals surface area contributed by atoms with E-state index in [4.69, 9.17) is 0 Å². The lowest BCUT2D eigenvalue weighted by atomic mass is 9.86. The van der Waals surface area contributed by atoms with Crippen LogP contribution in [0.5, 0.6) is 5.75 Å². The van der Waals surface area contributed by atoms with Crippen LogP contribution in [0.15, 0.2) is 48.5 Å². The molecule has 0 bridgehead atoms. The van der Waals surface area contributed by atoms with Crippen LogP contribution in [0.4, 0.5) is 13.2 Å². The minimum absolute atomic E-state index is 0.0138. The molecule has 2 amide bonds. The molecule has 1 saturated heterocycles. The number of hydrogen-bond acceptors (Lipinski definition) is 5. The lowest BCUT2D eigenvalue weighted by Crippen LogP contribution is -2.35. The fourth-order valence-corrected chi connectivity index (χ4v) is 4.89. The maximum atomic E-state index is 13.7. The van der Waals surface area contributed by atoms with Crippen LogP contribution >= 0.6 is 0 Å². The van der Waals surface area contributed by atoms with Crippen LogP contribution in [0.3, 0.4) is 0 Å². The third-order valence-corrected chi connectivity index (χ3v) is 7.14. The van der Waals surface area contributed by atoms with E-state index in [0.717, 1.165) is 17.7 Å². The summed E-state index contributed by atoms with van der Waals surface area (Å²) in [5.41, 5.74) is 2.92. The van der Waals surface area contributed by atoms with Gasteiger partial charge in [0.1, 0.15) is 11.9 Å². The molecule has 1 aliphatic rings. The Morgan fingerprint density at radius 2 is 1.65 bits per heavy atom. The summed E-state index contributed by atoms with van der Waals surface area (Å²) < 4.78 is 41.5. The predicted molar refractivity (Wildman–Crippen MR) is 149 cm³/mol. The number of hydrogen-bond donors (Lipinski definition) is 1. The highest BCUT2D eigenvalue weighted by Gasteiger charge is 2.44. The zero-order valence-corrected chi connectivity index (χ0v) is 24.2. The third-order valence-electron chi connectivity index (χ3n) is 7.14. The maximum Gasteiger partial charge on any atom is 0.573 e. The molecule has 1 N–H and O–H groups in total. The van der Waals surface area contributed by atoms with Gasteiger partial charge in [0.25, 0.3) is 0 Å². The topological polar surface area (TPSA) is 65.1 Å². The van der Waals surface area contributed by atoms with Gasteiger partial charge in [-0.25, -0.2) is 0 Å². The van der Waals surface area contributed by atoms with Gasteiger partial charge in [-0.2, -0.15) is 0 Å². The van der Waals surface area contributed by atoms with Gasteiger partial charge in [0.2, 0.25) is 11.8 Å². The molecular formula is C30H41F3N4O3. The first-order valence-electron chi connectivity index (χ1n) is 13.5. The van der Waals surface area contributed by atoms with E-state index in [9.17, 15) is 22.8 Å². The molecule has 1 heterocycles. The second kappa shape index (κ2) is 13.0. The minimum Gasteiger partial charge on any atom is -0.406 e. The van der Waals surface area contributed by atoms with Crippen LogP contribution in [0.25, 0.3) is 0 Å². The third kappa shape index (κ3) is 8.69. The van der Waals surface area contributed by atoms with E-state index in [1.54, 1.807) is 17.0 Å². The second-order valence-electron chi connectivity index (χ2n) is 11.6. The molecule has 0 aliphatic carbocycles. The van der Waals surface area contributed by atoms with Crippen LogP contribution in [-0.4, -0.2) is 79.7 Å². The molecule has 40 heavy (non-hydrogen) atoms. The van der Waals surface area contributed by atoms with Crippen molar-refractivity contribution in [3.63, 3.8) is 0 Å². The molecule has 3 rings (SSSR count). The molecule has 1 unspecified atom stereocenters. The van der Waals surface area contributed by atoms with Crippen LogP contribution < -0.4 is 10.1 Å². The number of carbonyl (C=O) groups is 2. The van der Waals surface area contributed by atoms with Crippen molar-refractivity contribution in [1.82, 2.24) is 20.0 Å². The Morgan fingerprint density at radius 3 is 2.20 bits per heavy atom. The molecule has 10 heteroatoms. The molecule has 1 aliphatic heterocycles. The number of rotatable bonds is 11. The summed E-state index contributed by atoms with van der Waals surface area (Å²) in [6, 6.07) is 13.5. The normalized spacial score (nSPS) is 18.4. The van der Waals surface area contributed by atoms with Gasteiger partial charge in [-0.3, -0.25) is 14.5 Å². The van der Waals surface area contributed by atoms with Crippen LogP contribution in [0, 0.1) is 0 Å². The Morgan fingerprint density at radius 1 is 1.02 bits per heavy atom. The van der Waals surface area contributed by atoms with Crippen molar-refractivity contribution in [3.05, 3.63) is 65.2 Å². The monoisotopic (exact) mass is 562 g/mol. The number of halogens is 3. The highest BCUT2D eigenvalue weighted by Crippen LogP contribution is 2.36. The molecule has 0 saturated carbocycles. The number of alkyl halides is 3. The molecule has 2 aromatic carbocycles. The van der Waals surface area contributed by atoms with E-state index in [0.29, 0.717) is 25.9 Å². The van der Waals surface area contributed by atoms with Gasteiger partial charge in [-0.05, 0) is 68.2 Å². The molecular weight excluding hydrogens is 521 g/mol. The number of benzene rings is 2. The smallest absolute Gasteiger partial charge is 0.406 e. The summed E-state index contributed by atoms with van der Waals surface area (Å²) >= 11 is 0. The van der Waals surface area contributed by atoms with Crippen molar-refractivity contribution < 1.29 is 27.5 Å². The summed E-state index contributed by atoms with van der Waals surface area (Å²) in [5, 5.41) is 2.90. The number of nitrogens with zero attached hydrogens (tertiary/aromatic N) is 3. The van der Waals surface area contributed by atoms with E-state index in [1.807, 2.05) is 43.1 Å². The average Bonchev–Trinajstić information content (AvgIpc) is 3.09. The first-order chi connectivity index (χ1) is 18.7. The molecule has 0 radical (unpaired) electrons. The number of carbonyl (C=O) groups excluding carboxylic acids is 2. The lowest BCUT2D eigenvalue weighted by molar-refractivity contribution is -0.274. The van der Waals surface area contributed by atoms with E-state index in [1.165, 1.54) is 17.7 Å². The van der Waals surface area contributed by atoms with Crippen molar-refractivity contribution in [1.29, 1.82) is 0 Å². The van der Waals surface area contributed by atoms with Gasteiger partial charge in [-0.15, -0.1) is 13.2 Å². The Kier molecular flexibility index (Phi) is 10.2. The molecule has 1 fully saturated rings. The van der Waals surface area contributed by atoms with E-state index in [2.05, 4.69) is 43.0 Å². The molecule has 220 valence electrons. The van der Waals surface area contributed by atoms with Crippen LogP contribution in [0.1, 0.15) is 56.5 Å². The molecule has 0 aromatic heterocycles. The Balaban J connectivity index is 1.76. The lowest BCUT2D eigenvalue weighted by Gasteiger charge is -2.30. The van der Waals surface area contributed by atoms with Crippen molar-refractivity contribution in [2.24, 2.45) is 0 Å². The van der Waals surface area contributed by atoms with Gasteiger partial charge in [0, 0.05) is 26.1 Å². The van der Waals surface area contributed by atoms with E-state index < -0.39 is 12.4 Å². The van der Waals surface area contributed by atoms with Gasteiger partial charge in [-0.1, -0.05) is 57.2 Å². The second-order valence-corrected chi connectivity index (χ2v) is 11.6. The predicted octanol–water partition coefficient (Wildman–Crippen LogP) is 4.72. The molecule has 2 atom stereocenters. The maximum absolute atomic E-state index is 13.7. The van der Waals surface area contributed by atoms with Crippen molar-refractivity contribution in [2.75, 3.05) is 40.8 Å². The first kappa shape index (κ1) is 31.4. The Labute approximate surface area is 235 Å². The quantitative estimate of drug-likeness (QED) is 0.429. The SMILES string of the molecule is CN(C)CCNC(=O)CC[C@H]1C(=O)N(CCc2ccc(OC(F)(F)F)cc2)C(c2ccc(C(C)(C)C)cc2)N1C. The first-order valence-corrected chi connectivity index (χ1v) is 13.5. The molecule has 7 nitrogen and oxygen atoms in total. The number of ether oxygens (including phenoxy) is 1. The molecule has 2 aromatic rings. The fraction of sp³-hybridized carbons (Fsp3) is 0.533. The van der Waals surface area contributed by atoms with Gasteiger partial charge >= 0.3 is 6.36 Å². The highest BCUT2D eigenvalue weighted by molar-refractivity contribution is 5.85.